The minimum Gasteiger partial charge on any atom is -0.478 e. The van der Waals surface area contributed by atoms with Gasteiger partial charge in [0.1, 0.15) is 18.1 Å². The second-order valence-electron chi connectivity index (χ2n) is 10.1. The second kappa shape index (κ2) is 12.1. The van der Waals surface area contributed by atoms with Crippen LogP contribution in [-0.2, 0) is 14.3 Å². The van der Waals surface area contributed by atoms with E-state index in [4.69, 9.17) is 13.9 Å². The number of hydrogen-bond acceptors (Lipinski definition) is 8. The van der Waals surface area contributed by atoms with Crippen LogP contribution in [0.4, 0.5) is 0 Å². The minimum absolute atomic E-state index is 0.0751. The Balaban J connectivity index is 1.59. The number of carbonyl (C=O) groups excluding carboxylic acids is 1. The summed E-state index contributed by atoms with van der Waals surface area (Å²) in [6.07, 6.45) is 1.63. The van der Waals surface area contributed by atoms with Crippen molar-refractivity contribution in [2.24, 2.45) is 4.99 Å². The molecule has 1 aliphatic heterocycles. The maximum atomic E-state index is 13.9. The largest absolute Gasteiger partial charge is 0.478 e. The Bertz CT molecular complexity index is 1860. The zero-order chi connectivity index (χ0) is 30.0. The normalized spacial score (nSPS) is 15.1. The number of furan rings is 1. The predicted octanol–water partition coefficient (Wildman–Crippen LogP) is 4.51. The molecule has 0 bridgehead atoms. The van der Waals surface area contributed by atoms with Crippen LogP contribution in [-0.4, -0.2) is 41.9 Å². The monoisotopic (exact) mass is 586 g/mol. The Morgan fingerprint density at radius 2 is 1.88 bits per heavy atom. The van der Waals surface area contributed by atoms with Crippen molar-refractivity contribution in [3.63, 3.8) is 0 Å². The zero-order valence-corrected chi connectivity index (χ0v) is 24.4. The number of thiazole rings is 1. The van der Waals surface area contributed by atoms with Crippen LogP contribution in [0.25, 0.3) is 17.4 Å². The summed E-state index contributed by atoms with van der Waals surface area (Å²) in [5.74, 6) is -0.377. The lowest BCUT2D eigenvalue weighted by atomic mass is 9.93. The zero-order valence-electron chi connectivity index (χ0n) is 23.6. The van der Waals surface area contributed by atoms with Crippen LogP contribution in [0.2, 0.25) is 0 Å². The molecular formula is C32H30N2O7S. The molecule has 0 amide bonds. The van der Waals surface area contributed by atoms with E-state index in [1.165, 1.54) is 35.1 Å². The lowest BCUT2D eigenvalue weighted by molar-refractivity contribution is -0.140. The molecule has 4 aromatic rings. The summed E-state index contributed by atoms with van der Waals surface area (Å²) in [5.41, 5.74) is 3.09. The topological polar surface area (TPSA) is 120 Å². The fraction of sp³-hybridized carbons (Fsp3) is 0.250. The van der Waals surface area contributed by atoms with Crippen LogP contribution in [0, 0.1) is 0 Å². The number of carbonyl (C=O) groups is 2. The van der Waals surface area contributed by atoms with Crippen molar-refractivity contribution >= 4 is 29.4 Å². The van der Waals surface area contributed by atoms with Crippen molar-refractivity contribution < 1.29 is 28.6 Å². The molecule has 1 unspecified atom stereocenters. The predicted molar refractivity (Wildman–Crippen MR) is 158 cm³/mol. The molecule has 2 aromatic heterocycles. The number of methoxy groups -OCH3 is 1. The molecule has 1 atom stereocenters. The van der Waals surface area contributed by atoms with E-state index in [1.54, 1.807) is 37.3 Å². The van der Waals surface area contributed by atoms with Crippen molar-refractivity contribution in [2.75, 3.05) is 20.3 Å². The number of hydrogen-bond donors (Lipinski definition) is 1. The molecule has 0 spiro atoms. The number of aromatic nitrogens is 1. The molecule has 5 rings (SSSR count). The second-order valence-corrected chi connectivity index (χ2v) is 11.1. The van der Waals surface area contributed by atoms with Gasteiger partial charge in [0.2, 0.25) is 0 Å². The van der Waals surface area contributed by atoms with Crippen LogP contribution in [0.3, 0.4) is 0 Å². The molecule has 0 radical (unpaired) electrons. The molecule has 42 heavy (non-hydrogen) atoms. The minimum atomic E-state index is -1.03. The number of ether oxygens (including phenoxy) is 2. The molecule has 3 heterocycles. The maximum absolute atomic E-state index is 13.9. The van der Waals surface area contributed by atoms with Crippen LogP contribution >= 0.6 is 11.3 Å². The Morgan fingerprint density at radius 3 is 2.57 bits per heavy atom. The number of allylic oxidation sites excluding steroid dienone is 1. The van der Waals surface area contributed by atoms with E-state index in [9.17, 15) is 19.5 Å². The van der Waals surface area contributed by atoms with E-state index in [0.717, 1.165) is 11.1 Å². The SMILES string of the molecule is COCCOC(=O)C1=C(C)N=c2sc(=Cc3ccc(-c4cccc(C(=O)O)c4)o3)c(=O)n2C1c1ccc(C(C)C)cc1. The number of benzene rings is 2. The quantitative estimate of drug-likeness (QED) is 0.226. The standard InChI is InChI=1S/C32H30N2O7S/c1-18(2)20-8-10-21(11-9-20)28-27(31(38)40-15-14-39-4)19(3)33-32-34(28)29(35)26(42-32)17-24-12-13-25(41-24)22-6-5-7-23(16-22)30(36)37/h5-13,16-18,28H,14-15H2,1-4H3,(H,36,37). The highest BCUT2D eigenvalue weighted by Gasteiger charge is 2.33. The van der Waals surface area contributed by atoms with Gasteiger partial charge in [0.25, 0.3) is 5.56 Å². The van der Waals surface area contributed by atoms with Gasteiger partial charge in [0.15, 0.2) is 4.80 Å². The fourth-order valence-corrected chi connectivity index (χ4v) is 5.80. The molecule has 0 saturated heterocycles. The maximum Gasteiger partial charge on any atom is 0.338 e. The van der Waals surface area contributed by atoms with Gasteiger partial charge in [-0.05, 0) is 48.2 Å². The molecule has 1 aliphatic rings. The first kappa shape index (κ1) is 29.0. The van der Waals surface area contributed by atoms with Crippen LogP contribution < -0.4 is 14.9 Å². The Morgan fingerprint density at radius 1 is 1.12 bits per heavy atom. The van der Waals surface area contributed by atoms with E-state index in [0.29, 0.717) is 43.6 Å². The third-order valence-electron chi connectivity index (χ3n) is 6.98. The summed E-state index contributed by atoms with van der Waals surface area (Å²) in [6, 6.07) is 17.0. The lowest BCUT2D eigenvalue weighted by Crippen LogP contribution is -2.40. The summed E-state index contributed by atoms with van der Waals surface area (Å²) >= 11 is 1.20. The van der Waals surface area contributed by atoms with Crippen molar-refractivity contribution in [1.82, 2.24) is 4.57 Å². The Kier molecular flexibility index (Phi) is 8.37. The molecule has 1 N–H and O–H groups in total. The third-order valence-corrected chi connectivity index (χ3v) is 7.96. The average molecular weight is 587 g/mol. The van der Waals surface area contributed by atoms with Gasteiger partial charge in [-0.15, -0.1) is 0 Å². The average Bonchev–Trinajstić information content (AvgIpc) is 3.56. The van der Waals surface area contributed by atoms with Gasteiger partial charge in [0.05, 0.1) is 34.0 Å². The Labute approximate surface area is 245 Å². The van der Waals surface area contributed by atoms with Gasteiger partial charge in [-0.1, -0.05) is 61.6 Å². The third kappa shape index (κ3) is 5.77. The fourth-order valence-electron chi connectivity index (χ4n) is 4.78. The number of aromatic carboxylic acids is 1. The van der Waals surface area contributed by atoms with E-state index in [-0.39, 0.29) is 24.3 Å². The van der Waals surface area contributed by atoms with E-state index < -0.39 is 18.0 Å². The van der Waals surface area contributed by atoms with Gasteiger partial charge in [-0.2, -0.15) is 0 Å². The van der Waals surface area contributed by atoms with Crippen LogP contribution in [0.5, 0.6) is 0 Å². The van der Waals surface area contributed by atoms with Crippen molar-refractivity contribution in [2.45, 2.75) is 32.7 Å². The van der Waals surface area contributed by atoms with Gasteiger partial charge < -0.3 is 19.0 Å². The number of nitrogens with zero attached hydrogens (tertiary/aromatic N) is 2. The number of rotatable bonds is 9. The van der Waals surface area contributed by atoms with Gasteiger partial charge in [0, 0.05) is 18.7 Å². The molecule has 0 saturated carbocycles. The van der Waals surface area contributed by atoms with E-state index in [2.05, 4.69) is 18.8 Å². The van der Waals surface area contributed by atoms with Gasteiger partial charge >= 0.3 is 11.9 Å². The molecule has 0 aliphatic carbocycles. The first-order chi connectivity index (χ1) is 20.2. The summed E-state index contributed by atoms with van der Waals surface area (Å²) in [4.78, 5) is 43.6. The number of fused-ring (bicyclic) bond motifs is 1. The highest BCUT2D eigenvalue weighted by molar-refractivity contribution is 7.07. The van der Waals surface area contributed by atoms with Crippen molar-refractivity contribution in [3.05, 3.63) is 114 Å². The molecule has 2 aromatic carbocycles. The number of esters is 1. The van der Waals surface area contributed by atoms with E-state index >= 15 is 0 Å². The smallest absolute Gasteiger partial charge is 0.338 e. The Hall–Kier alpha value is -4.54. The molecule has 10 heteroatoms. The summed E-state index contributed by atoms with van der Waals surface area (Å²) in [6.45, 7) is 6.26. The molecule has 0 fully saturated rings. The van der Waals surface area contributed by atoms with Crippen LogP contribution in [0.1, 0.15) is 60.0 Å². The molecule has 216 valence electrons. The summed E-state index contributed by atoms with van der Waals surface area (Å²) in [5, 5.41) is 9.31. The van der Waals surface area contributed by atoms with Crippen molar-refractivity contribution in [3.8, 4) is 11.3 Å². The van der Waals surface area contributed by atoms with Gasteiger partial charge in [-0.3, -0.25) is 9.36 Å². The molecular weight excluding hydrogens is 556 g/mol. The van der Waals surface area contributed by atoms with Gasteiger partial charge in [-0.25, -0.2) is 14.6 Å². The van der Waals surface area contributed by atoms with Crippen LogP contribution in [0.15, 0.2) is 86.1 Å². The highest BCUT2D eigenvalue weighted by atomic mass is 32.1. The van der Waals surface area contributed by atoms with Crippen molar-refractivity contribution in [1.29, 1.82) is 0 Å². The number of carboxylic acids is 1. The lowest BCUT2D eigenvalue weighted by Gasteiger charge is -2.25. The summed E-state index contributed by atoms with van der Waals surface area (Å²) in [7, 11) is 1.53. The first-order valence-corrected chi connectivity index (χ1v) is 14.2. The van der Waals surface area contributed by atoms with E-state index in [1.807, 2.05) is 24.3 Å². The highest BCUT2D eigenvalue weighted by Crippen LogP contribution is 2.31. The molecule has 9 nitrogen and oxygen atoms in total. The first-order valence-electron chi connectivity index (χ1n) is 13.4. The number of carboxylic acid groups (broad SMARTS) is 1. The summed E-state index contributed by atoms with van der Waals surface area (Å²) < 4.78 is 18.4.